The number of aryl methyl sites for hydroxylation is 1. The Hall–Kier alpha value is -1.84. The first-order chi connectivity index (χ1) is 8.69. The van der Waals surface area contributed by atoms with Crippen LogP contribution in [0.2, 0.25) is 0 Å². The van der Waals surface area contributed by atoms with Gasteiger partial charge < -0.3 is 9.88 Å². The molecule has 2 rings (SSSR count). The molecule has 0 aliphatic carbocycles. The van der Waals surface area contributed by atoms with E-state index in [1.54, 1.807) is 0 Å². The number of aromatic nitrogens is 1. The van der Waals surface area contributed by atoms with Crippen molar-refractivity contribution in [3.63, 3.8) is 0 Å². The third-order valence-corrected chi connectivity index (χ3v) is 2.70. The molecule has 0 atom stereocenters. The average molecular weight is 250 g/mol. The Bertz CT molecular complexity index is 520. The number of anilines is 1. The molecule has 0 aliphatic heterocycles. The summed E-state index contributed by atoms with van der Waals surface area (Å²) in [5.74, 6) is -0.883. The molecule has 0 spiro atoms. The Morgan fingerprint density at radius 2 is 2.06 bits per heavy atom. The van der Waals surface area contributed by atoms with Crippen molar-refractivity contribution in [1.82, 2.24) is 4.57 Å². The summed E-state index contributed by atoms with van der Waals surface area (Å²) in [4.78, 5) is 0. The number of halogens is 2. The van der Waals surface area contributed by atoms with Crippen LogP contribution in [-0.4, -0.2) is 4.57 Å². The van der Waals surface area contributed by atoms with Crippen molar-refractivity contribution < 1.29 is 8.78 Å². The lowest BCUT2D eigenvalue weighted by molar-refractivity contribution is 0.602. The van der Waals surface area contributed by atoms with Crippen molar-refractivity contribution in [2.75, 3.05) is 5.32 Å². The van der Waals surface area contributed by atoms with Crippen LogP contribution in [0.5, 0.6) is 0 Å². The van der Waals surface area contributed by atoms with E-state index in [1.165, 1.54) is 6.07 Å². The second-order valence-corrected chi connectivity index (χ2v) is 4.24. The van der Waals surface area contributed by atoms with Gasteiger partial charge in [0.15, 0.2) is 0 Å². The van der Waals surface area contributed by atoms with Gasteiger partial charge in [-0.05, 0) is 36.2 Å². The van der Waals surface area contributed by atoms with E-state index in [4.69, 9.17) is 0 Å². The van der Waals surface area contributed by atoms with Crippen LogP contribution >= 0.6 is 0 Å². The minimum atomic E-state index is -0.442. The van der Waals surface area contributed by atoms with E-state index < -0.39 is 11.6 Å². The number of nitrogens with one attached hydrogen (secondary N) is 1. The molecule has 0 fully saturated rings. The fourth-order valence-corrected chi connectivity index (χ4v) is 1.82. The molecule has 0 bridgehead atoms. The van der Waals surface area contributed by atoms with Crippen molar-refractivity contribution >= 4 is 5.69 Å². The standard InChI is InChI=1S/C14H16F2N2/c1-2-6-18-7-5-11(10-18)9-17-14-8-12(15)3-4-13(14)16/h3-5,7-8,10,17H,2,6,9H2,1H3. The summed E-state index contributed by atoms with van der Waals surface area (Å²) in [6, 6.07) is 5.37. The lowest BCUT2D eigenvalue weighted by Crippen LogP contribution is -2.01. The van der Waals surface area contributed by atoms with Gasteiger partial charge in [0.1, 0.15) is 11.6 Å². The predicted octanol–water partition coefficient (Wildman–Crippen LogP) is 3.79. The zero-order valence-corrected chi connectivity index (χ0v) is 10.3. The quantitative estimate of drug-likeness (QED) is 0.854. The predicted molar refractivity (Wildman–Crippen MR) is 68.4 cm³/mol. The van der Waals surface area contributed by atoms with E-state index in [-0.39, 0.29) is 5.69 Å². The molecule has 0 amide bonds. The van der Waals surface area contributed by atoms with Crippen molar-refractivity contribution in [2.45, 2.75) is 26.4 Å². The first kappa shape index (κ1) is 12.6. The third kappa shape index (κ3) is 3.09. The number of hydrogen-bond donors (Lipinski definition) is 1. The molecule has 2 nitrogen and oxygen atoms in total. The molecule has 0 unspecified atom stereocenters. The second-order valence-electron chi connectivity index (χ2n) is 4.24. The van der Waals surface area contributed by atoms with Gasteiger partial charge >= 0.3 is 0 Å². The molecule has 1 aromatic carbocycles. The molecule has 0 saturated heterocycles. The van der Waals surface area contributed by atoms with Crippen LogP contribution in [0.4, 0.5) is 14.5 Å². The molecule has 4 heteroatoms. The summed E-state index contributed by atoms with van der Waals surface area (Å²) in [5, 5.41) is 2.90. The van der Waals surface area contributed by atoms with E-state index in [0.717, 1.165) is 30.7 Å². The van der Waals surface area contributed by atoms with E-state index in [1.807, 2.05) is 18.5 Å². The summed E-state index contributed by atoms with van der Waals surface area (Å²) in [5.41, 5.74) is 1.24. The molecule has 2 aromatic rings. The molecular weight excluding hydrogens is 234 g/mol. The third-order valence-electron chi connectivity index (χ3n) is 2.70. The Kier molecular flexibility index (Phi) is 3.97. The van der Waals surface area contributed by atoms with E-state index in [2.05, 4.69) is 16.8 Å². The molecule has 0 aliphatic rings. The smallest absolute Gasteiger partial charge is 0.146 e. The lowest BCUT2D eigenvalue weighted by Gasteiger charge is -2.06. The maximum atomic E-state index is 13.4. The van der Waals surface area contributed by atoms with Crippen LogP contribution in [-0.2, 0) is 13.1 Å². The van der Waals surface area contributed by atoms with Crippen LogP contribution in [0.3, 0.4) is 0 Å². The summed E-state index contributed by atoms with van der Waals surface area (Å²) in [6.07, 6.45) is 5.07. The Labute approximate surface area is 105 Å². The Balaban J connectivity index is 1.99. The molecule has 0 radical (unpaired) electrons. The van der Waals surface area contributed by atoms with Crippen LogP contribution in [0.1, 0.15) is 18.9 Å². The van der Waals surface area contributed by atoms with Crippen molar-refractivity contribution in [2.24, 2.45) is 0 Å². The Morgan fingerprint density at radius 3 is 2.83 bits per heavy atom. The van der Waals surface area contributed by atoms with Gasteiger partial charge in [0.2, 0.25) is 0 Å². The zero-order valence-electron chi connectivity index (χ0n) is 10.3. The van der Waals surface area contributed by atoms with Gasteiger partial charge in [-0.2, -0.15) is 0 Å². The maximum absolute atomic E-state index is 13.4. The number of rotatable bonds is 5. The topological polar surface area (TPSA) is 17.0 Å². The normalized spacial score (nSPS) is 10.6. The summed E-state index contributed by atoms with van der Waals surface area (Å²) in [7, 11) is 0. The molecule has 1 N–H and O–H groups in total. The number of benzene rings is 1. The van der Waals surface area contributed by atoms with E-state index in [0.29, 0.717) is 6.54 Å². The number of hydrogen-bond acceptors (Lipinski definition) is 1. The highest BCUT2D eigenvalue weighted by Crippen LogP contribution is 2.16. The van der Waals surface area contributed by atoms with Gasteiger partial charge in [-0.15, -0.1) is 0 Å². The van der Waals surface area contributed by atoms with Crippen LogP contribution in [0, 0.1) is 11.6 Å². The van der Waals surface area contributed by atoms with Crippen molar-refractivity contribution in [3.05, 3.63) is 53.9 Å². The van der Waals surface area contributed by atoms with Gasteiger partial charge in [-0.25, -0.2) is 8.78 Å². The molecule has 96 valence electrons. The fraction of sp³-hybridized carbons (Fsp3) is 0.286. The minimum absolute atomic E-state index is 0.193. The minimum Gasteiger partial charge on any atom is -0.378 e. The van der Waals surface area contributed by atoms with Crippen LogP contribution < -0.4 is 5.32 Å². The maximum Gasteiger partial charge on any atom is 0.146 e. The summed E-state index contributed by atoms with van der Waals surface area (Å²) < 4.78 is 28.4. The highest BCUT2D eigenvalue weighted by atomic mass is 19.1. The van der Waals surface area contributed by atoms with Gasteiger partial charge in [-0.3, -0.25) is 0 Å². The molecular formula is C14H16F2N2. The van der Waals surface area contributed by atoms with Crippen molar-refractivity contribution in [1.29, 1.82) is 0 Å². The van der Waals surface area contributed by atoms with Crippen LogP contribution in [0.15, 0.2) is 36.7 Å². The molecule has 0 saturated carbocycles. The van der Waals surface area contributed by atoms with Crippen LogP contribution in [0.25, 0.3) is 0 Å². The fourth-order valence-electron chi connectivity index (χ4n) is 1.82. The molecule has 1 heterocycles. The largest absolute Gasteiger partial charge is 0.378 e. The van der Waals surface area contributed by atoms with E-state index in [9.17, 15) is 8.78 Å². The van der Waals surface area contributed by atoms with Gasteiger partial charge in [0, 0.05) is 25.5 Å². The van der Waals surface area contributed by atoms with Crippen molar-refractivity contribution in [3.8, 4) is 0 Å². The van der Waals surface area contributed by atoms with Gasteiger partial charge in [-0.1, -0.05) is 6.92 Å². The van der Waals surface area contributed by atoms with E-state index >= 15 is 0 Å². The highest BCUT2D eigenvalue weighted by molar-refractivity contribution is 5.45. The second kappa shape index (κ2) is 5.67. The molecule has 1 aromatic heterocycles. The first-order valence-electron chi connectivity index (χ1n) is 6.02. The lowest BCUT2D eigenvalue weighted by atomic mass is 10.2. The Morgan fingerprint density at radius 1 is 1.22 bits per heavy atom. The molecule has 18 heavy (non-hydrogen) atoms. The summed E-state index contributed by atoms with van der Waals surface area (Å²) in [6.45, 7) is 3.56. The number of nitrogens with zero attached hydrogens (tertiary/aromatic N) is 1. The SMILES string of the molecule is CCCn1ccc(CNc2cc(F)ccc2F)c1. The average Bonchev–Trinajstić information content (AvgIpc) is 2.79. The monoisotopic (exact) mass is 250 g/mol. The summed E-state index contributed by atoms with van der Waals surface area (Å²) >= 11 is 0. The first-order valence-corrected chi connectivity index (χ1v) is 6.02. The van der Waals surface area contributed by atoms with Gasteiger partial charge in [0.05, 0.1) is 5.69 Å². The highest BCUT2D eigenvalue weighted by Gasteiger charge is 2.03. The zero-order chi connectivity index (χ0) is 13.0. The van der Waals surface area contributed by atoms with Gasteiger partial charge in [0.25, 0.3) is 0 Å².